The van der Waals surface area contributed by atoms with Crippen molar-refractivity contribution < 1.29 is 29.1 Å². The van der Waals surface area contributed by atoms with Crippen LogP contribution >= 0.6 is 23.1 Å². The van der Waals surface area contributed by atoms with Gasteiger partial charge in [-0.25, -0.2) is 9.78 Å². The van der Waals surface area contributed by atoms with Crippen molar-refractivity contribution in [3.63, 3.8) is 0 Å². The molecule has 2 atom stereocenters. The van der Waals surface area contributed by atoms with Gasteiger partial charge in [-0.05, 0) is 18.9 Å². The van der Waals surface area contributed by atoms with E-state index in [0.29, 0.717) is 24.2 Å². The first-order valence-electron chi connectivity index (χ1n) is 8.93. The third kappa shape index (κ3) is 4.16. The summed E-state index contributed by atoms with van der Waals surface area (Å²) in [6.45, 7) is 3.82. The highest BCUT2D eigenvalue weighted by molar-refractivity contribution is 8.00. The number of β-lactam (4-membered cyclic amide) rings is 1. The molecule has 3 rings (SSSR count). The Kier molecular flexibility index (Phi) is 6.72. The maximum atomic E-state index is 12.9. The van der Waals surface area contributed by atoms with Gasteiger partial charge in [-0.15, -0.1) is 23.1 Å². The molecule has 1 aromatic heterocycles. The number of aliphatic carboxylic acids is 1. The predicted octanol–water partition coefficient (Wildman–Crippen LogP) is 0.601. The van der Waals surface area contributed by atoms with Crippen LogP contribution in [0.4, 0.5) is 5.13 Å². The van der Waals surface area contributed by atoms with E-state index in [-0.39, 0.29) is 28.8 Å². The first-order valence-corrected chi connectivity index (χ1v) is 10.9. The SMILES string of the molecule is CCCON=C(C(=O)NC1C(=O)N2C(C(=O)O)=C(C)CS[C@@H]12)c1csc(NC=O)n1. The maximum Gasteiger partial charge on any atom is 0.352 e. The number of anilines is 1. The monoisotopic (exact) mass is 453 g/mol. The minimum Gasteiger partial charge on any atom is -0.477 e. The highest BCUT2D eigenvalue weighted by Crippen LogP contribution is 2.40. The van der Waals surface area contributed by atoms with Gasteiger partial charge in [-0.2, -0.15) is 0 Å². The van der Waals surface area contributed by atoms with E-state index in [1.54, 1.807) is 6.92 Å². The Morgan fingerprint density at radius 1 is 1.50 bits per heavy atom. The number of nitrogens with zero attached hydrogens (tertiary/aromatic N) is 3. The molecule has 2 aliphatic heterocycles. The van der Waals surface area contributed by atoms with Gasteiger partial charge < -0.3 is 20.6 Å². The number of amides is 3. The van der Waals surface area contributed by atoms with Crippen molar-refractivity contribution in [2.75, 3.05) is 17.7 Å². The summed E-state index contributed by atoms with van der Waals surface area (Å²) in [7, 11) is 0. The summed E-state index contributed by atoms with van der Waals surface area (Å²) >= 11 is 2.47. The lowest BCUT2D eigenvalue weighted by atomic mass is 10.0. The van der Waals surface area contributed by atoms with E-state index < -0.39 is 29.2 Å². The molecule has 0 saturated carbocycles. The second-order valence-electron chi connectivity index (χ2n) is 6.37. The second kappa shape index (κ2) is 9.26. The largest absolute Gasteiger partial charge is 0.477 e. The number of aromatic nitrogens is 1. The molecule has 1 aromatic rings. The molecule has 13 heteroatoms. The van der Waals surface area contributed by atoms with Gasteiger partial charge >= 0.3 is 5.97 Å². The van der Waals surface area contributed by atoms with Crippen LogP contribution in [-0.2, 0) is 24.0 Å². The third-order valence-corrected chi connectivity index (χ3v) is 6.44. The van der Waals surface area contributed by atoms with Crippen LogP contribution in [0.3, 0.4) is 0 Å². The normalized spacial score (nSPS) is 20.9. The molecule has 3 N–H and O–H groups in total. The second-order valence-corrected chi connectivity index (χ2v) is 8.33. The molecule has 1 unspecified atom stereocenters. The summed E-state index contributed by atoms with van der Waals surface area (Å²) in [5, 5.41) is 19.5. The maximum absolute atomic E-state index is 12.9. The van der Waals surface area contributed by atoms with Crippen molar-refractivity contribution in [1.82, 2.24) is 15.2 Å². The summed E-state index contributed by atoms with van der Waals surface area (Å²) in [5.74, 6) is -1.93. The molecule has 0 radical (unpaired) electrons. The average molecular weight is 454 g/mol. The molecule has 0 spiro atoms. The molecule has 3 heterocycles. The van der Waals surface area contributed by atoms with E-state index in [0.717, 1.165) is 11.3 Å². The molecule has 30 heavy (non-hydrogen) atoms. The van der Waals surface area contributed by atoms with E-state index >= 15 is 0 Å². The number of thiazole rings is 1. The summed E-state index contributed by atoms with van der Waals surface area (Å²) in [4.78, 5) is 58.0. The van der Waals surface area contributed by atoms with Crippen molar-refractivity contribution >= 4 is 58.1 Å². The minimum atomic E-state index is -1.18. The van der Waals surface area contributed by atoms with Crippen LogP contribution in [0.2, 0.25) is 0 Å². The lowest BCUT2D eigenvalue weighted by Crippen LogP contribution is -2.71. The van der Waals surface area contributed by atoms with Crippen molar-refractivity contribution in [3.05, 3.63) is 22.3 Å². The number of carbonyl (C=O) groups is 4. The fourth-order valence-electron chi connectivity index (χ4n) is 2.89. The molecule has 0 bridgehead atoms. The quantitative estimate of drug-likeness (QED) is 0.162. The zero-order valence-corrected chi connectivity index (χ0v) is 17.7. The molecular formula is C17H19N5O6S2. The average Bonchev–Trinajstić information content (AvgIpc) is 3.17. The summed E-state index contributed by atoms with van der Waals surface area (Å²) in [6.07, 6.45) is 1.14. The number of rotatable bonds is 9. The van der Waals surface area contributed by atoms with Crippen LogP contribution in [0.25, 0.3) is 0 Å². The van der Waals surface area contributed by atoms with Crippen molar-refractivity contribution in [2.45, 2.75) is 31.7 Å². The first kappa shape index (κ1) is 21.8. The van der Waals surface area contributed by atoms with Gasteiger partial charge in [0.2, 0.25) is 6.41 Å². The topological polar surface area (TPSA) is 150 Å². The highest BCUT2D eigenvalue weighted by atomic mass is 32.2. The molecule has 0 aliphatic carbocycles. The van der Waals surface area contributed by atoms with Gasteiger partial charge in [-0.1, -0.05) is 12.1 Å². The number of carboxylic acid groups (broad SMARTS) is 1. The Hall–Kier alpha value is -2.93. The summed E-state index contributed by atoms with van der Waals surface area (Å²) < 4.78 is 0. The van der Waals surface area contributed by atoms with Crippen molar-refractivity contribution in [3.8, 4) is 0 Å². The smallest absolute Gasteiger partial charge is 0.352 e. The number of hydrogen-bond donors (Lipinski definition) is 3. The number of thioether (sulfide) groups is 1. The van der Waals surface area contributed by atoms with Gasteiger partial charge in [0, 0.05) is 11.1 Å². The minimum absolute atomic E-state index is 0.0431. The number of hydrogen-bond acceptors (Lipinski definition) is 9. The molecule has 3 amide bonds. The first-order chi connectivity index (χ1) is 14.4. The Morgan fingerprint density at radius 3 is 2.93 bits per heavy atom. The van der Waals surface area contributed by atoms with E-state index in [2.05, 4.69) is 20.8 Å². The zero-order valence-electron chi connectivity index (χ0n) is 16.1. The Balaban J connectivity index is 1.78. The molecule has 0 aromatic carbocycles. The van der Waals surface area contributed by atoms with Crippen molar-refractivity contribution in [1.29, 1.82) is 0 Å². The van der Waals surface area contributed by atoms with E-state index in [1.807, 2.05) is 6.92 Å². The number of carbonyl (C=O) groups excluding carboxylic acids is 3. The van der Waals surface area contributed by atoms with Crippen LogP contribution in [0.5, 0.6) is 0 Å². The molecule has 1 fully saturated rings. The van der Waals surface area contributed by atoms with E-state index in [1.165, 1.54) is 22.0 Å². The molecule has 2 aliphatic rings. The van der Waals surface area contributed by atoms with E-state index in [9.17, 15) is 24.3 Å². The highest BCUT2D eigenvalue weighted by Gasteiger charge is 2.54. The Bertz CT molecular complexity index is 943. The summed E-state index contributed by atoms with van der Waals surface area (Å²) in [5.41, 5.74) is 0.587. The standard InChI is InChI=1S/C17H19N5O6S2/c1-3-4-28-21-10(9-6-30-17(19-9)18-7-23)13(24)20-11-14(25)22-12(16(26)27)8(2)5-29-15(11)22/h6-7,11,15H,3-5H2,1-2H3,(H,20,24)(H,26,27)(H,18,19,23)/t11?,15-/m0/s1. The number of oxime groups is 1. The molecule has 160 valence electrons. The Labute approximate surface area is 179 Å². The van der Waals surface area contributed by atoms with Gasteiger partial charge in [0.05, 0.1) is 0 Å². The van der Waals surface area contributed by atoms with Gasteiger partial charge in [-0.3, -0.25) is 19.3 Å². The predicted molar refractivity (Wildman–Crippen MR) is 110 cm³/mol. The van der Waals surface area contributed by atoms with Gasteiger partial charge in [0.1, 0.15) is 29.4 Å². The molecular weight excluding hydrogens is 434 g/mol. The fraction of sp³-hybridized carbons (Fsp3) is 0.412. The lowest BCUT2D eigenvalue weighted by molar-refractivity contribution is -0.150. The third-order valence-electron chi connectivity index (χ3n) is 4.24. The van der Waals surface area contributed by atoms with Crippen molar-refractivity contribution in [2.24, 2.45) is 5.16 Å². The number of carboxylic acids is 1. The van der Waals surface area contributed by atoms with Gasteiger partial charge in [0.15, 0.2) is 10.8 Å². The molecule has 1 saturated heterocycles. The molecule has 11 nitrogen and oxygen atoms in total. The fourth-order valence-corrected chi connectivity index (χ4v) is 4.84. The lowest BCUT2D eigenvalue weighted by Gasteiger charge is -2.49. The van der Waals surface area contributed by atoms with Crippen LogP contribution < -0.4 is 10.6 Å². The van der Waals surface area contributed by atoms with Crippen LogP contribution in [0, 0.1) is 0 Å². The van der Waals surface area contributed by atoms with Gasteiger partial charge in [0.25, 0.3) is 11.8 Å². The van der Waals surface area contributed by atoms with E-state index in [4.69, 9.17) is 4.84 Å². The zero-order chi connectivity index (χ0) is 21.8. The van der Waals surface area contributed by atoms with Crippen LogP contribution in [-0.4, -0.2) is 68.7 Å². The number of nitrogens with one attached hydrogen (secondary N) is 2. The summed E-state index contributed by atoms with van der Waals surface area (Å²) in [6, 6.07) is -0.896. The van der Waals surface area contributed by atoms with Crippen LogP contribution in [0.15, 0.2) is 21.8 Å². The van der Waals surface area contributed by atoms with Crippen LogP contribution in [0.1, 0.15) is 26.0 Å². The Morgan fingerprint density at radius 2 is 2.27 bits per heavy atom. The number of fused-ring (bicyclic) bond motifs is 1.